The minimum absolute atomic E-state index is 0.0810. The van der Waals surface area contributed by atoms with Crippen molar-refractivity contribution in [2.45, 2.75) is 13.5 Å². The van der Waals surface area contributed by atoms with Crippen LogP contribution >= 0.6 is 0 Å². The molecule has 0 fully saturated rings. The standard InChI is InChI=1S/C17H19FN2O/c1-13-5-7-15(8-6-13)17(21)20-10-9-19-12-14-3-2-4-16(18)11-14/h2-8,11,19H,9-10,12H2,1H3,(H,20,21). The van der Waals surface area contributed by atoms with Crippen LogP contribution < -0.4 is 10.6 Å². The van der Waals surface area contributed by atoms with Crippen molar-refractivity contribution >= 4 is 5.91 Å². The molecule has 110 valence electrons. The summed E-state index contributed by atoms with van der Waals surface area (Å²) in [7, 11) is 0. The second-order valence-electron chi connectivity index (χ2n) is 4.93. The maximum absolute atomic E-state index is 13.0. The van der Waals surface area contributed by atoms with Gasteiger partial charge in [0, 0.05) is 25.2 Å². The molecule has 21 heavy (non-hydrogen) atoms. The fourth-order valence-corrected chi connectivity index (χ4v) is 1.95. The Hall–Kier alpha value is -2.20. The maximum Gasteiger partial charge on any atom is 0.251 e. The molecule has 0 atom stereocenters. The highest BCUT2D eigenvalue weighted by molar-refractivity contribution is 5.94. The number of hydrogen-bond acceptors (Lipinski definition) is 2. The molecular formula is C17H19FN2O. The quantitative estimate of drug-likeness (QED) is 0.802. The first kappa shape index (κ1) is 15.2. The molecule has 0 saturated heterocycles. The van der Waals surface area contributed by atoms with E-state index in [9.17, 15) is 9.18 Å². The molecule has 0 radical (unpaired) electrons. The SMILES string of the molecule is Cc1ccc(C(=O)NCCNCc2cccc(F)c2)cc1. The smallest absolute Gasteiger partial charge is 0.251 e. The molecule has 0 aliphatic rings. The topological polar surface area (TPSA) is 41.1 Å². The van der Waals surface area contributed by atoms with Crippen LogP contribution in [0.2, 0.25) is 0 Å². The van der Waals surface area contributed by atoms with Crippen molar-refractivity contribution in [2.75, 3.05) is 13.1 Å². The van der Waals surface area contributed by atoms with E-state index >= 15 is 0 Å². The molecule has 0 heterocycles. The number of aryl methyl sites for hydroxylation is 1. The summed E-state index contributed by atoms with van der Waals surface area (Å²) >= 11 is 0. The Morgan fingerprint density at radius 1 is 1.10 bits per heavy atom. The highest BCUT2D eigenvalue weighted by Crippen LogP contribution is 2.03. The van der Waals surface area contributed by atoms with Gasteiger partial charge in [0.05, 0.1) is 0 Å². The van der Waals surface area contributed by atoms with E-state index in [4.69, 9.17) is 0 Å². The van der Waals surface area contributed by atoms with Crippen LogP contribution in [0.3, 0.4) is 0 Å². The first-order valence-electron chi connectivity index (χ1n) is 6.95. The summed E-state index contributed by atoms with van der Waals surface area (Å²) in [5, 5.41) is 6.00. The molecule has 2 rings (SSSR count). The largest absolute Gasteiger partial charge is 0.351 e. The van der Waals surface area contributed by atoms with Gasteiger partial charge in [0.15, 0.2) is 0 Å². The van der Waals surface area contributed by atoms with Gasteiger partial charge in [-0.2, -0.15) is 0 Å². The molecule has 0 unspecified atom stereocenters. The highest BCUT2D eigenvalue weighted by Gasteiger charge is 2.03. The van der Waals surface area contributed by atoms with Crippen molar-refractivity contribution in [3.05, 3.63) is 71.0 Å². The van der Waals surface area contributed by atoms with Crippen LogP contribution in [0.25, 0.3) is 0 Å². The minimum atomic E-state index is -0.234. The lowest BCUT2D eigenvalue weighted by Gasteiger charge is -2.07. The number of amides is 1. The summed E-state index contributed by atoms with van der Waals surface area (Å²) in [5.41, 5.74) is 2.67. The van der Waals surface area contributed by atoms with Crippen molar-refractivity contribution in [3.8, 4) is 0 Å². The molecule has 0 aromatic heterocycles. The predicted octanol–water partition coefficient (Wildman–Crippen LogP) is 2.65. The van der Waals surface area contributed by atoms with Crippen LogP contribution in [0, 0.1) is 12.7 Å². The average Bonchev–Trinajstić information content (AvgIpc) is 2.47. The molecule has 0 aliphatic heterocycles. The zero-order valence-electron chi connectivity index (χ0n) is 12.0. The van der Waals surface area contributed by atoms with Gasteiger partial charge in [-0.1, -0.05) is 29.8 Å². The van der Waals surface area contributed by atoms with Gasteiger partial charge >= 0.3 is 0 Å². The number of hydrogen-bond donors (Lipinski definition) is 2. The van der Waals surface area contributed by atoms with Gasteiger partial charge in [-0.15, -0.1) is 0 Å². The molecule has 0 saturated carbocycles. The summed E-state index contributed by atoms with van der Waals surface area (Å²) in [6, 6.07) is 13.9. The van der Waals surface area contributed by atoms with E-state index in [1.54, 1.807) is 6.07 Å². The number of nitrogens with one attached hydrogen (secondary N) is 2. The Labute approximate surface area is 124 Å². The van der Waals surface area contributed by atoms with Gasteiger partial charge in [-0.3, -0.25) is 4.79 Å². The first-order chi connectivity index (χ1) is 10.1. The summed E-state index contributed by atoms with van der Waals surface area (Å²) in [5.74, 6) is -0.315. The molecule has 2 aromatic carbocycles. The van der Waals surface area contributed by atoms with Crippen LogP contribution in [-0.4, -0.2) is 19.0 Å². The third-order valence-electron chi connectivity index (χ3n) is 3.12. The van der Waals surface area contributed by atoms with Crippen LogP contribution in [0.1, 0.15) is 21.5 Å². The van der Waals surface area contributed by atoms with Crippen molar-refractivity contribution in [1.29, 1.82) is 0 Å². The Morgan fingerprint density at radius 2 is 1.86 bits per heavy atom. The Bertz CT molecular complexity index is 596. The molecule has 0 bridgehead atoms. The zero-order chi connectivity index (χ0) is 15.1. The monoisotopic (exact) mass is 286 g/mol. The molecular weight excluding hydrogens is 267 g/mol. The third kappa shape index (κ3) is 5.00. The Kier molecular flexibility index (Phi) is 5.46. The second kappa shape index (κ2) is 7.55. The Morgan fingerprint density at radius 3 is 2.57 bits per heavy atom. The van der Waals surface area contributed by atoms with Gasteiger partial charge in [-0.25, -0.2) is 4.39 Å². The van der Waals surface area contributed by atoms with E-state index in [-0.39, 0.29) is 11.7 Å². The van der Waals surface area contributed by atoms with Crippen molar-refractivity contribution in [1.82, 2.24) is 10.6 Å². The normalized spacial score (nSPS) is 10.4. The summed E-state index contributed by atoms with van der Waals surface area (Å²) in [6.45, 7) is 3.73. The van der Waals surface area contributed by atoms with Crippen LogP contribution in [0.15, 0.2) is 48.5 Å². The summed E-state index contributed by atoms with van der Waals surface area (Å²) in [4.78, 5) is 11.8. The zero-order valence-corrected chi connectivity index (χ0v) is 12.0. The summed E-state index contributed by atoms with van der Waals surface area (Å²) < 4.78 is 13.0. The van der Waals surface area contributed by atoms with E-state index in [1.807, 2.05) is 37.3 Å². The van der Waals surface area contributed by atoms with Crippen LogP contribution in [-0.2, 0) is 6.54 Å². The number of carbonyl (C=O) groups is 1. The maximum atomic E-state index is 13.0. The van der Waals surface area contributed by atoms with E-state index < -0.39 is 0 Å². The van der Waals surface area contributed by atoms with E-state index in [0.29, 0.717) is 25.2 Å². The van der Waals surface area contributed by atoms with Gasteiger partial charge in [0.25, 0.3) is 5.91 Å². The lowest BCUT2D eigenvalue weighted by Crippen LogP contribution is -2.31. The van der Waals surface area contributed by atoms with Crippen molar-refractivity contribution in [2.24, 2.45) is 0 Å². The van der Waals surface area contributed by atoms with Crippen LogP contribution in [0.5, 0.6) is 0 Å². The molecule has 2 aromatic rings. The number of carbonyl (C=O) groups excluding carboxylic acids is 1. The second-order valence-corrected chi connectivity index (χ2v) is 4.93. The van der Waals surface area contributed by atoms with Gasteiger partial charge in [0.1, 0.15) is 5.82 Å². The van der Waals surface area contributed by atoms with E-state index in [0.717, 1.165) is 11.1 Å². The third-order valence-corrected chi connectivity index (χ3v) is 3.12. The molecule has 3 nitrogen and oxygen atoms in total. The molecule has 0 aliphatic carbocycles. The molecule has 4 heteroatoms. The average molecular weight is 286 g/mol. The Balaban J connectivity index is 1.68. The predicted molar refractivity (Wildman–Crippen MR) is 81.6 cm³/mol. The lowest BCUT2D eigenvalue weighted by atomic mass is 10.1. The minimum Gasteiger partial charge on any atom is -0.351 e. The van der Waals surface area contributed by atoms with Crippen molar-refractivity contribution in [3.63, 3.8) is 0 Å². The number of rotatable bonds is 6. The highest BCUT2D eigenvalue weighted by atomic mass is 19.1. The van der Waals surface area contributed by atoms with Gasteiger partial charge < -0.3 is 10.6 Å². The van der Waals surface area contributed by atoms with E-state index in [2.05, 4.69) is 10.6 Å². The fraction of sp³-hybridized carbons (Fsp3) is 0.235. The fourth-order valence-electron chi connectivity index (χ4n) is 1.95. The lowest BCUT2D eigenvalue weighted by molar-refractivity contribution is 0.0954. The summed E-state index contributed by atoms with van der Waals surface area (Å²) in [6.07, 6.45) is 0. The van der Waals surface area contributed by atoms with E-state index in [1.165, 1.54) is 12.1 Å². The number of halogens is 1. The van der Waals surface area contributed by atoms with Gasteiger partial charge in [-0.05, 0) is 36.8 Å². The first-order valence-corrected chi connectivity index (χ1v) is 6.95. The molecule has 1 amide bonds. The molecule has 2 N–H and O–H groups in total. The van der Waals surface area contributed by atoms with Crippen LogP contribution in [0.4, 0.5) is 4.39 Å². The number of benzene rings is 2. The van der Waals surface area contributed by atoms with Gasteiger partial charge in [0.2, 0.25) is 0 Å². The molecule has 0 spiro atoms. The van der Waals surface area contributed by atoms with Crippen molar-refractivity contribution < 1.29 is 9.18 Å².